The van der Waals surface area contributed by atoms with Gasteiger partial charge in [-0.3, -0.25) is 25.2 Å². The second kappa shape index (κ2) is 9.37. The minimum atomic E-state index is -3.57. The number of hydrogen-bond acceptors (Lipinski definition) is 6. The fourth-order valence-electron chi connectivity index (χ4n) is 3.00. The van der Waals surface area contributed by atoms with E-state index in [1.165, 1.54) is 41.6 Å². The monoisotopic (exact) mass is 450 g/mol. The number of piperidine rings is 1. The lowest BCUT2D eigenvalue weighted by Gasteiger charge is -2.25. The van der Waals surface area contributed by atoms with Gasteiger partial charge in [0.1, 0.15) is 5.00 Å². The topological polar surface area (TPSA) is 125 Å². The zero-order valence-corrected chi connectivity index (χ0v) is 17.9. The minimum Gasteiger partial charge on any atom is -0.313 e. The van der Waals surface area contributed by atoms with Crippen LogP contribution in [-0.2, 0) is 14.8 Å². The normalized spacial score (nSPS) is 14.7. The summed E-state index contributed by atoms with van der Waals surface area (Å²) < 4.78 is 26.9. The lowest BCUT2D eigenvalue weighted by molar-refractivity contribution is -0.119. The average Bonchev–Trinajstić information content (AvgIpc) is 3.21. The molecule has 1 aliphatic rings. The molecule has 0 unspecified atom stereocenters. The molecule has 30 heavy (non-hydrogen) atoms. The molecule has 11 heteroatoms. The first-order chi connectivity index (χ1) is 14.3. The van der Waals surface area contributed by atoms with E-state index in [1.54, 1.807) is 5.38 Å². The molecule has 0 bridgehead atoms. The third kappa shape index (κ3) is 5.04. The average molecular weight is 451 g/mol. The van der Waals surface area contributed by atoms with Crippen molar-refractivity contribution in [1.82, 2.24) is 15.2 Å². The number of thiophene rings is 1. The van der Waals surface area contributed by atoms with Crippen LogP contribution in [0.25, 0.3) is 0 Å². The van der Waals surface area contributed by atoms with Crippen molar-refractivity contribution in [2.24, 2.45) is 0 Å². The Morgan fingerprint density at radius 2 is 1.60 bits per heavy atom. The van der Waals surface area contributed by atoms with E-state index >= 15 is 0 Å². The Labute approximate surface area is 178 Å². The maximum Gasteiger partial charge on any atom is 0.272 e. The van der Waals surface area contributed by atoms with E-state index in [9.17, 15) is 22.8 Å². The van der Waals surface area contributed by atoms with Gasteiger partial charge in [0.2, 0.25) is 15.9 Å². The van der Waals surface area contributed by atoms with Crippen LogP contribution in [0.3, 0.4) is 0 Å². The van der Waals surface area contributed by atoms with Crippen molar-refractivity contribution in [1.29, 1.82) is 0 Å². The summed E-state index contributed by atoms with van der Waals surface area (Å²) in [7, 11) is -3.57. The summed E-state index contributed by atoms with van der Waals surface area (Å²) in [5, 5.41) is 4.59. The number of rotatable bonds is 5. The first-order valence-electron chi connectivity index (χ1n) is 9.35. The Bertz CT molecular complexity index is 1040. The zero-order chi connectivity index (χ0) is 21.7. The van der Waals surface area contributed by atoms with E-state index < -0.39 is 27.7 Å². The molecule has 0 atom stereocenters. The third-order valence-electron chi connectivity index (χ3n) is 4.56. The molecule has 1 aromatic heterocycles. The number of sulfonamides is 1. The fourth-order valence-corrected chi connectivity index (χ4v) is 5.30. The van der Waals surface area contributed by atoms with Crippen molar-refractivity contribution in [3.8, 4) is 0 Å². The summed E-state index contributed by atoms with van der Waals surface area (Å²) >= 11 is 1.15. The standard InChI is InChI=1S/C19H22N4O5S2/c1-13(24)21-22-18(26)16-9-12-29-19(16)20-17(25)14-5-7-15(8-6-14)30(27,28)23-10-3-2-4-11-23/h5-9,12H,2-4,10-11H2,1H3,(H,20,25)(H,21,24)(H,22,26). The molecule has 3 N–H and O–H groups in total. The highest BCUT2D eigenvalue weighted by atomic mass is 32.2. The maximum absolute atomic E-state index is 12.7. The first-order valence-corrected chi connectivity index (χ1v) is 11.7. The van der Waals surface area contributed by atoms with E-state index in [0.717, 1.165) is 30.6 Å². The highest BCUT2D eigenvalue weighted by molar-refractivity contribution is 7.89. The highest BCUT2D eigenvalue weighted by Gasteiger charge is 2.26. The maximum atomic E-state index is 12.7. The van der Waals surface area contributed by atoms with Gasteiger partial charge in [-0.25, -0.2) is 8.42 Å². The largest absolute Gasteiger partial charge is 0.313 e. The molecule has 0 spiro atoms. The molecule has 3 amide bonds. The third-order valence-corrected chi connectivity index (χ3v) is 7.30. The minimum absolute atomic E-state index is 0.146. The van der Waals surface area contributed by atoms with Gasteiger partial charge in [0.05, 0.1) is 10.5 Å². The van der Waals surface area contributed by atoms with Crippen molar-refractivity contribution in [3.05, 3.63) is 46.8 Å². The lowest BCUT2D eigenvalue weighted by atomic mass is 10.2. The molecule has 1 fully saturated rings. The van der Waals surface area contributed by atoms with Crippen molar-refractivity contribution < 1.29 is 22.8 Å². The van der Waals surface area contributed by atoms with Crippen LogP contribution in [0.4, 0.5) is 5.00 Å². The number of anilines is 1. The van der Waals surface area contributed by atoms with Crippen LogP contribution >= 0.6 is 11.3 Å². The molecule has 1 saturated heterocycles. The van der Waals surface area contributed by atoms with Gasteiger partial charge in [-0.2, -0.15) is 4.31 Å². The zero-order valence-electron chi connectivity index (χ0n) is 16.3. The Hall–Kier alpha value is -2.76. The van der Waals surface area contributed by atoms with Gasteiger partial charge in [0, 0.05) is 25.6 Å². The fraction of sp³-hybridized carbons (Fsp3) is 0.316. The van der Waals surface area contributed by atoms with E-state index in [-0.39, 0.29) is 16.0 Å². The summed E-state index contributed by atoms with van der Waals surface area (Å²) in [5.74, 6) is -1.47. The molecule has 0 radical (unpaired) electrons. The van der Waals surface area contributed by atoms with Crippen LogP contribution in [0.1, 0.15) is 46.9 Å². The number of hydrogen-bond donors (Lipinski definition) is 3. The van der Waals surface area contributed by atoms with Crippen molar-refractivity contribution in [2.45, 2.75) is 31.1 Å². The summed E-state index contributed by atoms with van der Waals surface area (Å²) in [6, 6.07) is 7.23. The first kappa shape index (κ1) is 21.9. The van der Waals surface area contributed by atoms with Crippen molar-refractivity contribution in [3.63, 3.8) is 0 Å². The number of carbonyl (C=O) groups is 3. The second-order valence-corrected chi connectivity index (χ2v) is 9.60. The summed E-state index contributed by atoms with van der Waals surface area (Å²) in [5.41, 5.74) is 4.88. The van der Waals surface area contributed by atoms with Crippen LogP contribution in [0.2, 0.25) is 0 Å². The van der Waals surface area contributed by atoms with Gasteiger partial charge in [0.25, 0.3) is 11.8 Å². The summed E-state index contributed by atoms with van der Waals surface area (Å²) in [4.78, 5) is 35.7. The van der Waals surface area contributed by atoms with Gasteiger partial charge < -0.3 is 5.32 Å². The molecule has 160 valence electrons. The lowest BCUT2D eigenvalue weighted by Crippen LogP contribution is -2.40. The second-order valence-electron chi connectivity index (χ2n) is 6.74. The Balaban J connectivity index is 1.69. The predicted octanol–water partition coefficient (Wildman–Crippen LogP) is 1.96. The number of amides is 3. The van der Waals surface area contributed by atoms with E-state index in [2.05, 4.69) is 16.2 Å². The van der Waals surface area contributed by atoms with Crippen LogP contribution in [0.5, 0.6) is 0 Å². The van der Waals surface area contributed by atoms with Gasteiger partial charge in [-0.15, -0.1) is 11.3 Å². The van der Waals surface area contributed by atoms with Gasteiger partial charge in [0.15, 0.2) is 0 Å². The number of carbonyl (C=O) groups excluding carboxylic acids is 3. The van der Waals surface area contributed by atoms with Gasteiger partial charge in [-0.05, 0) is 48.6 Å². The van der Waals surface area contributed by atoms with Crippen molar-refractivity contribution >= 4 is 44.1 Å². The molecule has 2 aromatic rings. The molecule has 9 nitrogen and oxygen atoms in total. The van der Waals surface area contributed by atoms with Crippen LogP contribution in [0.15, 0.2) is 40.6 Å². The molecule has 3 rings (SSSR count). The highest BCUT2D eigenvalue weighted by Crippen LogP contribution is 2.25. The Kier molecular flexibility index (Phi) is 6.85. The molecule has 0 saturated carbocycles. The van der Waals surface area contributed by atoms with Crippen LogP contribution in [-0.4, -0.2) is 43.5 Å². The number of nitrogens with one attached hydrogen (secondary N) is 3. The van der Waals surface area contributed by atoms with E-state index in [4.69, 9.17) is 0 Å². The molecule has 2 heterocycles. The Morgan fingerprint density at radius 3 is 2.23 bits per heavy atom. The smallest absolute Gasteiger partial charge is 0.272 e. The molecule has 1 aromatic carbocycles. The van der Waals surface area contributed by atoms with Gasteiger partial charge in [-0.1, -0.05) is 6.42 Å². The van der Waals surface area contributed by atoms with Crippen LogP contribution in [0, 0.1) is 0 Å². The van der Waals surface area contributed by atoms with Gasteiger partial charge >= 0.3 is 0 Å². The number of hydrazine groups is 1. The SMILES string of the molecule is CC(=O)NNC(=O)c1ccsc1NC(=O)c1ccc(S(=O)(=O)N2CCCCC2)cc1. The molecular weight excluding hydrogens is 428 g/mol. The van der Waals surface area contributed by atoms with Crippen molar-refractivity contribution in [2.75, 3.05) is 18.4 Å². The number of benzene rings is 1. The van der Waals surface area contributed by atoms with E-state index in [0.29, 0.717) is 18.1 Å². The molecule has 0 aliphatic carbocycles. The predicted molar refractivity (Wildman–Crippen MR) is 113 cm³/mol. The quantitative estimate of drug-likeness (QED) is 0.601. The Morgan fingerprint density at radius 1 is 0.933 bits per heavy atom. The summed E-state index contributed by atoms with van der Waals surface area (Å²) in [6.45, 7) is 2.27. The van der Waals surface area contributed by atoms with Crippen LogP contribution < -0.4 is 16.2 Å². The molecule has 1 aliphatic heterocycles. The number of nitrogens with zero attached hydrogens (tertiary/aromatic N) is 1. The summed E-state index contributed by atoms with van der Waals surface area (Å²) in [6.07, 6.45) is 2.72. The molecular formula is C19H22N4O5S2. The van der Waals surface area contributed by atoms with E-state index in [1.807, 2.05) is 0 Å².